The first kappa shape index (κ1) is 12.2. The Morgan fingerprint density at radius 3 is 2.73 bits per heavy atom. The van der Waals surface area contributed by atoms with Crippen LogP contribution in [0.4, 0.5) is 4.39 Å². The Morgan fingerprint density at radius 1 is 1.53 bits per heavy atom. The van der Waals surface area contributed by atoms with Crippen LogP contribution in [-0.2, 0) is 0 Å². The SMILES string of the molecule is CCCC(C)C(=O)c1c(F)cccc1Cl. The third-order valence-electron chi connectivity index (χ3n) is 2.38. The third kappa shape index (κ3) is 2.78. The van der Waals surface area contributed by atoms with Crippen LogP contribution in [0.15, 0.2) is 18.2 Å². The predicted octanol–water partition coefficient (Wildman–Crippen LogP) is 4.10. The van der Waals surface area contributed by atoms with Gasteiger partial charge in [-0.3, -0.25) is 4.79 Å². The van der Waals surface area contributed by atoms with Gasteiger partial charge in [0.25, 0.3) is 0 Å². The smallest absolute Gasteiger partial charge is 0.170 e. The van der Waals surface area contributed by atoms with E-state index in [0.29, 0.717) is 0 Å². The molecule has 0 heterocycles. The fourth-order valence-corrected chi connectivity index (χ4v) is 1.80. The van der Waals surface area contributed by atoms with E-state index in [9.17, 15) is 9.18 Å². The summed E-state index contributed by atoms with van der Waals surface area (Å²) in [5.41, 5.74) is 0.0279. The Hall–Kier alpha value is -0.890. The van der Waals surface area contributed by atoms with E-state index in [1.165, 1.54) is 18.2 Å². The molecule has 1 rings (SSSR count). The molecule has 0 radical (unpaired) electrons. The van der Waals surface area contributed by atoms with E-state index in [1.54, 1.807) is 6.92 Å². The van der Waals surface area contributed by atoms with E-state index < -0.39 is 5.82 Å². The van der Waals surface area contributed by atoms with E-state index in [0.717, 1.165) is 12.8 Å². The van der Waals surface area contributed by atoms with Crippen molar-refractivity contribution in [3.8, 4) is 0 Å². The first-order chi connectivity index (χ1) is 7.07. The summed E-state index contributed by atoms with van der Waals surface area (Å²) in [6.07, 6.45) is 1.66. The molecule has 0 saturated carbocycles. The summed E-state index contributed by atoms with van der Waals surface area (Å²) in [6.45, 7) is 3.79. The molecule has 0 saturated heterocycles. The van der Waals surface area contributed by atoms with Gasteiger partial charge in [0.1, 0.15) is 5.82 Å². The number of hydrogen-bond acceptors (Lipinski definition) is 1. The van der Waals surface area contributed by atoms with Gasteiger partial charge in [-0.15, -0.1) is 0 Å². The molecule has 0 bridgehead atoms. The van der Waals surface area contributed by atoms with Gasteiger partial charge < -0.3 is 0 Å². The molecule has 1 aromatic rings. The molecule has 3 heteroatoms. The van der Waals surface area contributed by atoms with Gasteiger partial charge >= 0.3 is 0 Å². The molecule has 1 atom stereocenters. The first-order valence-electron chi connectivity index (χ1n) is 5.06. The molecular weight excluding hydrogens is 215 g/mol. The maximum absolute atomic E-state index is 13.4. The topological polar surface area (TPSA) is 17.1 Å². The largest absolute Gasteiger partial charge is 0.294 e. The van der Waals surface area contributed by atoms with Gasteiger partial charge in [0.2, 0.25) is 0 Å². The van der Waals surface area contributed by atoms with Crippen molar-refractivity contribution in [2.24, 2.45) is 5.92 Å². The third-order valence-corrected chi connectivity index (χ3v) is 2.69. The predicted molar refractivity (Wildman–Crippen MR) is 59.8 cm³/mol. The van der Waals surface area contributed by atoms with E-state index in [1.807, 2.05) is 6.92 Å². The minimum absolute atomic E-state index is 0.0279. The van der Waals surface area contributed by atoms with Gasteiger partial charge in [-0.25, -0.2) is 4.39 Å². The van der Waals surface area contributed by atoms with Gasteiger partial charge in [0.05, 0.1) is 10.6 Å². The Balaban J connectivity index is 3.00. The zero-order chi connectivity index (χ0) is 11.4. The second kappa shape index (κ2) is 5.26. The van der Waals surface area contributed by atoms with Gasteiger partial charge in [-0.2, -0.15) is 0 Å². The average Bonchev–Trinajstić information content (AvgIpc) is 2.17. The van der Waals surface area contributed by atoms with Crippen LogP contribution in [0.5, 0.6) is 0 Å². The van der Waals surface area contributed by atoms with Crippen molar-refractivity contribution in [1.82, 2.24) is 0 Å². The molecule has 0 fully saturated rings. The second-order valence-electron chi connectivity index (χ2n) is 3.65. The molecule has 0 aliphatic heterocycles. The van der Waals surface area contributed by atoms with Crippen LogP contribution in [0.3, 0.4) is 0 Å². The number of ketones is 1. The number of benzene rings is 1. The van der Waals surface area contributed by atoms with Crippen molar-refractivity contribution >= 4 is 17.4 Å². The molecule has 0 aromatic heterocycles. The summed E-state index contributed by atoms with van der Waals surface area (Å²) < 4.78 is 13.4. The maximum Gasteiger partial charge on any atom is 0.170 e. The highest BCUT2D eigenvalue weighted by molar-refractivity contribution is 6.34. The van der Waals surface area contributed by atoms with Gasteiger partial charge in [0, 0.05) is 5.92 Å². The molecule has 15 heavy (non-hydrogen) atoms. The van der Waals surface area contributed by atoms with Crippen molar-refractivity contribution < 1.29 is 9.18 Å². The molecular formula is C12H14ClFO. The molecule has 1 nitrogen and oxygen atoms in total. The van der Waals surface area contributed by atoms with Gasteiger partial charge in [-0.1, -0.05) is 37.9 Å². The fraction of sp³-hybridized carbons (Fsp3) is 0.417. The lowest BCUT2D eigenvalue weighted by molar-refractivity contribution is 0.0919. The zero-order valence-corrected chi connectivity index (χ0v) is 9.64. The number of carbonyl (C=O) groups is 1. The number of carbonyl (C=O) groups excluding carboxylic acids is 1. The van der Waals surface area contributed by atoms with Crippen LogP contribution in [0, 0.1) is 11.7 Å². The van der Waals surface area contributed by atoms with Crippen molar-refractivity contribution in [3.63, 3.8) is 0 Å². The summed E-state index contributed by atoms with van der Waals surface area (Å²) >= 11 is 5.81. The molecule has 0 N–H and O–H groups in total. The highest BCUT2D eigenvalue weighted by Gasteiger charge is 2.20. The van der Waals surface area contributed by atoms with E-state index in [4.69, 9.17) is 11.6 Å². The summed E-state index contributed by atoms with van der Waals surface area (Å²) in [7, 11) is 0. The summed E-state index contributed by atoms with van der Waals surface area (Å²) in [5.74, 6) is -0.917. The Kier molecular flexibility index (Phi) is 4.28. The minimum Gasteiger partial charge on any atom is -0.294 e. The molecule has 0 amide bonds. The van der Waals surface area contributed by atoms with Gasteiger partial charge in [0.15, 0.2) is 5.78 Å². The molecule has 0 spiro atoms. The van der Waals surface area contributed by atoms with E-state index in [-0.39, 0.29) is 22.3 Å². The van der Waals surface area contributed by atoms with Crippen molar-refractivity contribution in [3.05, 3.63) is 34.6 Å². The summed E-state index contributed by atoms with van der Waals surface area (Å²) in [6, 6.07) is 4.30. The van der Waals surface area contributed by atoms with Crippen molar-refractivity contribution in [1.29, 1.82) is 0 Å². The number of rotatable bonds is 4. The monoisotopic (exact) mass is 228 g/mol. The zero-order valence-electron chi connectivity index (χ0n) is 8.89. The second-order valence-corrected chi connectivity index (χ2v) is 4.06. The van der Waals surface area contributed by atoms with Crippen molar-refractivity contribution in [2.45, 2.75) is 26.7 Å². The minimum atomic E-state index is -0.532. The van der Waals surface area contributed by atoms with Crippen molar-refractivity contribution in [2.75, 3.05) is 0 Å². The van der Waals surface area contributed by atoms with Crippen LogP contribution < -0.4 is 0 Å². The van der Waals surface area contributed by atoms with E-state index in [2.05, 4.69) is 0 Å². The molecule has 1 aromatic carbocycles. The number of Topliss-reactive ketones (excluding diaryl/α,β-unsaturated/α-hetero) is 1. The lowest BCUT2D eigenvalue weighted by Gasteiger charge is -2.10. The summed E-state index contributed by atoms with van der Waals surface area (Å²) in [4.78, 5) is 11.9. The first-order valence-corrected chi connectivity index (χ1v) is 5.44. The Bertz CT molecular complexity index is 342. The average molecular weight is 229 g/mol. The van der Waals surface area contributed by atoms with Crippen LogP contribution >= 0.6 is 11.6 Å². The molecule has 0 aliphatic rings. The highest BCUT2D eigenvalue weighted by Crippen LogP contribution is 2.23. The van der Waals surface area contributed by atoms with Gasteiger partial charge in [-0.05, 0) is 18.6 Å². The van der Waals surface area contributed by atoms with Crippen LogP contribution in [-0.4, -0.2) is 5.78 Å². The van der Waals surface area contributed by atoms with E-state index >= 15 is 0 Å². The van der Waals surface area contributed by atoms with Crippen LogP contribution in [0.1, 0.15) is 37.0 Å². The normalized spacial score (nSPS) is 12.5. The maximum atomic E-state index is 13.4. The Labute approximate surface area is 94.3 Å². The number of hydrogen-bond donors (Lipinski definition) is 0. The molecule has 0 aliphatic carbocycles. The van der Waals surface area contributed by atoms with Crippen LogP contribution in [0.25, 0.3) is 0 Å². The lowest BCUT2D eigenvalue weighted by atomic mass is 9.95. The standard InChI is InChI=1S/C12H14ClFO/c1-3-5-8(2)12(15)11-9(13)6-4-7-10(11)14/h4,6-8H,3,5H2,1-2H3. The quantitative estimate of drug-likeness (QED) is 0.710. The Morgan fingerprint density at radius 2 is 2.20 bits per heavy atom. The fourth-order valence-electron chi connectivity index (χ4n) is 1.54. The molecule has 82 valence electrons. The highest BCUT2D eigenvalue weighted by atomic mass is 35.5. The van der Waals surface area contributed by atoms with Crippen LogP contribution in [0.2, 0.25) is 5.02 Å². The molecule has 1 unspecified atom stereocenters. The summed E-state index contributed by atoms with van der Waals surface area (Å²) in [5, 5.41) is 0.197. The lowest BCUT2D eigenvalue weighted by Crippen LogP contribution is -2.13. The number of halogens is 2.